The number of hydrogen-bond acceptors (Lipinski definition) is 7. The number of nitrogens with one attached hydrogen (secondary N) is 1. The zero-order valence-electron chi connectivity index (χ0n) is 30.0. The Hall–Kier alpha value is -7.54. The number of nitrogens with two attached hydrogens (primary N) is 1. The number of hydrogen-bond donors (Lipinski definition) is 2. The van der Waals surface area contributed by atoms with E-state index in [2.05, 4.69) is 186 Å². The second-order valence-corrected chi connectivity index (χ2v) is 13.0. The lowest BCUT2D eigenvalue weighted by Crippen LogP contribution is -2.44. The summed E-state index contributed by atoms with van der Waals surface area (Å²) in [5.41, 5.74) is 17.0. The van der Waals surface area contributed by atoms with Crippen LogP contribution in [0.25, 0.3) is 4.96 Å². The number of nitrogens with zero attached hydrogens (tertiary/aromatic N) is 8. The van der Waals surface area contributed by atoms with E-state index in [0.717, 1.165) is 42.4 Å². The molecule has 0 unspecified atom stereocenters. The van der Waals surface area contributed by atoms with E-state index in [1.807, 2.05) is 4.52 Å². The van der Waals surface area contributed by atoms with Crippen LogP contribution in [0.5, 0.6) is 0 Å². The van der Waals surface area contributed by atoms with Gasteiger partial charge in [-0.1, -0.05) is 52.9 Å². The minimum absolute atomic E-state index is 0. The first kappa shape index (κ1) is 41.2. The predicted octanol–water partition coefficient (Wildman–Crippen LogP) is 8.56. The number of imidazole rings is 1. The maximum absolute atomic E-state index is 6.72. The Morgan fingerprint density at radius 2 is 1.32 bits per heavy atom. The van der Waals surface area contributed by atoms with Crippen molar-refractivity contribution in [3.63, 3.8) is 0 Å². The van der Waals surface area contributed by atoms with Crippen LogP contribution >= 0.6 is 11.3 Å². The highest BCUT2D eigenvalue weighted by Crippen LogP contribution is 2.51. The molecule has 3 aliphatic rings. The van der Waals surface area contributed by atoms with Gasteiger partial charge in [-0.25, -0.2) is 9.50 Å². The van der Waals surface area contributed by atoms with Gasteiger partial charge >= 0.3 is 0 Å². The molecule has 3 aromatic rings. The topological polar surface area (TPSA) is 133 Å². The van der Waals surface area contributed by atoms with E-state index < -0.39 is 0 Å². The summed E-state index contributed by atoms with van der Waals surface area (Å²) in [7, 11) is 0. The van der Waals surface area contributed by atoms with Gasteiger partial charge in [0.25, 0.3) is 0 Å². The van der Waals surface area contributed by atoms with Crippen LogP contribution in [0.15, 0.2) is 50.6 Å². The third kappa shape index (κ3) is 12.6. The molecule has 2 aliphatic carbocycles. The van der Waals surface area contributed by atoms with Crippen LogP contribution < -0.4 is 10.6 Å². The van der Waals surface area contributed by atoms with Gasteiger partial charge in [0.1, 0.15) is 0 Å². The number of rotatable bonds is 4. The van der Waals surface area contributed by atoms with Crippen LogP contribution in [-0.2, 0) is 18.8 Å². The zero-order chi connectivity index (χ0) is 39.7. The molecule has 12 heteroatoms. The van der Waals surface area contributed by atoms with Crippen LogP contribution in [-0.4, -0.2) is 27.7 Å². The second-order valence-electron chi connectivity index (χ2n) is 11.9. The average Bonchev–Trinajstić information content (AvgIpc) is 4.02. The van der Waals surface area contributed by atoms with Crippen LogP contribution in [0.3, 0.4) is 0 Å². The number of benzene rings is 1. The van der Waals surface area contributed by atoms with Crippen molar-refractivity contribution in [2.24, 2.45) is 31.3 Å². The normalized spacial score (nSPS) is 14.6. The fourth-order valence-corrected chi connectivity index (χ4v) is 7.28. The van der Waals surface area contributed by atoms with Gasteiger partial charge in [0.2, 0.25) is 10.1 Å². The first-order valence-corrected chi connectivity index (χ1v) is 18.2. The quantitative estimate of drug-likeness (QED) is 0.155. The molecule has 1 aliphatic heterocycles. The standard InChI is InChI=1S/C22H27N5S.C22H2.HN5S.12H2/c23-19-17-8-4-3-7-16(17)13-22(19)9-11-26(12-10-22)21-25-27-14-18(24-20(27)28-21)15-5-1-2-6-15;1-3-5-7-9-11-13-15-17-19-21-22-20-18-16-14-12-10-8-6-4-2;1-2-3-4-5-6;;;;;;;;;;;;/h3-4,7-8,14-15,19H,1-2,5-6,9-13,23H2;1-2H;1H;12*1H/b;;2-1?,4-3+;;;;;;;;;;;;/t19-;;;;;;;;;;;;;;/m1............../s1. The highest BCUT2D eigenvalue weighted by atomic mass is 32.1. The Labute approximate surface area is 355 Å². The SMILES string of the molecule is C#CC#CC#CC#CC#CC#CC#CC#CC#CC#CC#C.N=N/N=N/N=S.N[C@@H]1c2ccccc2CC12CCN(c1nn3cc(C4CCCC4)nc3s1)CC2.[HH].[HH].[HH].[HH].[HH].[HH].[HH].[HH].[HH].[HH].[HH].[HH]. The summed E-state index contributed by atoms with van der Waals surface area (Å²) < 4.78 is 4.76. The Morgan fingerprint density at radius 1 is 0.804 bits per heavy atom. The van der Waals surface area contributed by atoms with Crippen LogP contribution in [0.4, 0.5) is 5.13 Å². The molecule has 1 spiro atoms. The average molecular weight is 787 g/mol. The molecule has 1 saturated heterocycles. The number of aromatic nitrogens is 3. The van der Waals surface area contributed by atoms with Crippen LogP contribution in [0.1, 0.15) is 84.4 Å². The van der Waals surface area contributed by atoms with E-state index in [1.54, 1.807) is 11.3 Å². The summed E-state index contributed by atoms with van der Waals surface area (Å²) in [5, 5.41) is 14.0. The maximum Gasteiger partial charge on any atom is 0.214 e. The minimum Gasteiger partial charge on any atom is -0.347 e. The summed E-state index contributed by atoms with van der Waals surface area (Å²) in [5.74, 6) is 48.9. The first-order valence-electron chi connectivity index (χ1n) is 17.0. The smallest absolute Gasteiger partial charge is 0.214 e. The van der Waals surface area contributed by atoms with Crippen molar-refractivity contribution < 1.29 is 17.1 Å². The fraction of sp³-hybridized carbons (Fsp3) is 0.273. The van der Waals surface area contributed by atoms with Gasteiger partial charge in [-0.2, -0.15) is 5.53 Å². The zero-order valence-corrected chi connectivity index (χ0v) is 31.7. The molecule has 56 heavy (non-hydrogen) atoms. The van der Waals surface area contributed by atoms with E-state index in [-0.39, 0.29) is 28.6 Å². The highest BCUT2D eigenvalue weighted by Gasteiger charge is 2.46. The molecule has 2 aromatic heterocycles. The van der Waals surface area contributed by atoms with Gasteiger partial charge in [-0.15, -0.1) is 17.9 Å². The van der Waals surface area contributed by atoms with Gasteiger partial charge < -0.3 is 10.6 Å². The van der Waals surface area contributed by atoms with Crippen LogP contribution in [0, 0.1) is 142 Å². The van der Waals surface area contributed by atoms with Gasteiger partial charge in [0, 0.05) is 65.9 Å². The molecule has 1 atom stereocenters. The molecule has 3 N–H and O–H groups in total. The molecule has 0 bridgehead atoms. The predicted molar refractivity (Wildman–Crippen MR) is 246 cm³/mol. The third-order valence-corrected chi connectivity index (χ3v) is 9.83. The van der Waals surface area contributed by atoms with E-state index >= 15 is 0 Å². The lowest BCUT2D eigenvalue weighted by molar-refractivity contribution is 0.187. The molecular formula is C44H54N10S2. The van der Waals surface area contributed by atoms with Gasteiger partial charge in [-0.05, 0) is 159 Å². The van der Waals surface area contributed by atoms with E-state index in [0.29, 0.717) is 5.92 Å². The summed E-state index contributed by atoms with van der Waals surface area (Å²) in [4.78, 5) is 8.38. The Morgan fingerprint density at radius 3 is 1.77 bits per heavy atom. The molecule has 1 aromatic carbocycles. The van der Waals surface area contributed by atoms with E-state index in [4.69, 9.17) is 34.2 Å². The summed E-state index contributed by atoms with van der Waals surface area (Å²) in [6.07, 6.45) is 20.6. The van der Waals surface area contributed by atoms with Crippen LogP contribution in [0.2, 0.25) is 0 Å². The lowest BCUT2D eigenvalue weighted by atomic mass is 9.73. The summed E-state index contributed by atoms with van der Waals surface area (Å²) in [6, 6.07) is 8.92. The van der Waals surface area contributed by atoms with E-state index in [9.17, 15) is 0 Å². The third-order valence-electron chi connectivity index (χ3n) is 8.77. The summed E-state index contributed by atoms with van der Waals surface area (Å²) >= 11 is 5.68. The van der Waals surface area contributed by atoms with Gasteiger partial charge in [-0.3, -0.25) is 0 Å². The first-order chi connectivity index (χ1) is 27.5. The second kappa shape index (κ2) is 23.2. The Kier molecular flexibility index (Phi) is 17.1. The molecule has 10 nitrogen and oxygen atoms in total. The highest BCUT2D eigenvalue weighted by molar-refractivity contribution is 7.47. The Balaban J connectivity index is -0.000000115. The Bertz CT molecular complexity index is 2550. The van der Waals surface area contributed by atoms with Crippen molar-refractivity contribution in [2.45, 2.75) is 56.9 Å². The molecule has 0 radical (unpaired) electrons. The van der Waals surface area contributed by atoms with E-state index in [1.165, 1.54) is 42.5 Å². The van der Waals surface area contributed by atoms with Crippen molar-refractivity contribution in [1.82, 2.24) is 14.6 Å². The van der Waals surface area contributed by atoms with Gasteiger partial charge in [0.05, 0.1) is 24.3 Å². The lowest BCUT2D eigenvalue weighted by Gasteiger charge is -2.42. The molecule has 1 saturated carbocycles. The molecule has 6 rings (SSSR count). The number of piperidine rings is 1. The molecule has 292 valence electrons. The van der Waals surface area contributed by atoms with Crippen molar-refractivity contribution in [2.75, 3.05) is 18.0 Å². The summed E-state index contributed by atoms with van der Waals surface area (Å²) in [6.45, 7) is 2.07. The van der Waals surface area contributed by atoms with Crippen molar-refractivity contribution >= 4 is 33.9 Å². The number of fused-ring (bicyclic) bond motifs is 2. The molecule has 0 amide bonds. The molecule has 3 heterocycles. The van der Waals surface area contributed by atoms with Crippen molar-refractivity contribution in [3.05, 3.63) is 47.3 Å². The maximum atomic E-state index is 6.72. The fourth-order valence-electron chi connectivity index (χ4n) is 6.31. The van der Waals surface area contributed by atoms with Crippen molar-refractivity contribution in [3.8, 4) is 131 Å². The van der Waals surface area contributed by atoms with Crippen molar-refractivity contribution in [1.29, 1.82) is 5.53 Å². The number of anilines is 1. The number of terminal acetylenes is 2. The van der Waals surface area contributed by atoms with Gasteiger partial charge in [0.15, 0.2) is 0 Å². The minimum atomic E-state index is 0. The molecular weight excluding hydrogens is 733 g/mol. The molecule has 2 fully saturated rings. The monoisotopic (exact) mass is 786 g/mol. The largest absolute Gasteiger partial charge is 0.347 e.